The summed E-state index contributed by atoms with van der Waals surface area (Å²) in [6.45, 7) is 0.658. The second-order valence-electron chi connectivity index (χ2n) is 5.16. The van der Waals surface area contributed by atoms with Crippen LogP contribution in [-0.4, -0.2) is 39.7 Å². The molecule has 1 aromatic carbocycles. The van der Waals surface area contributed by atoms with Gasteiger partial charge >= 0.3 is 0 Å². The van der Waals surface area contributed by atoms with Crippen molar-refractivity contribution in [2.24, 2.45) is 0 Å². The molecule has 118 valence electrons. The van der Waals surface area contributed by atoms with Gasteiger partial charge in [0, 0.05) is 24.2 Å². The number of aromatic nitrogens is 4. The number of hydrogen-bond acceptors (Lipinski definition) is 5. The number of carbonyl (C=O) groups excluding carboxylic acids is 1. The van der Waals surface area contributed by atoms with Crippen LogP contribution in [0.2, 0.25) is 0 Å². The quantitative estimate of drug-likeness (QED) is 0.844. The third-order valence-electron chi connectivity index (χ3n) is 3.39. The van der Waals surface area contributed by atoms with Crippen LogP contribution in [0.15, 0.2) is 24.3 Å². The summed E-state index contributed by atoms with van der Waals surface area (Å²) in [5, 5.41) is 17.7. The van der Waals surface area contributed by atoms with E-state index in [4.69, 9.17) is 0 Å². The molecule has 1 aliphatic rings. The van der Waals surface area contributed by atoms with E-state index in [0.717, 1.165) is 29.9 Å². The number of nitrogens with one attached hydrogen (secondary N) is 2. The van der Waals surface area contributed by atoms with Gasteiger partial charge in [0.25, 0.3) is 0 Å². The molecule has 1 aliphatic carbocycles. The van der Waals surface area contributed by atoms with Gasteiger partial charge in [-0.1, -0.05) is 12.1 Å². The van der Waals surface area contributed by atoms with E-state index < -0.39 is 0 Å². The number of benzene rings is 1. The van der Waals surface area contributed by atoms with Crippen LogP contribution in [0.1, 0.15) is 25.3 Å². The van der Waals surface area contributed by atoms with E-state index in [9.17, 15) is 4.79 Å². The van der Waals surface area contributed by atoms with Gasteiger partial charge in [-0.25, -0.2) is 4.68 Å². The van der Waals surface area contributed by atoms with Gasteiger partial charge in [-0.05, 0) is 42.4 Å². The molecule has 0 saturated heterocycles. The Balaban J connectivity index is 0.00000176. The lowest BCUT2D eigenvalue weighted by atomic mass is 10.2. The Labute approximate surface area is 134 Å². The van der Waals surface area contributed by atoms with Crippen LogP contribution in [0.4, 0.5) is 5.69 Å². The lowest BCUT2D eigenvalue weighted by Crippen LogP contribution is -2.18. The first-order valence-electron chi connectivity index (χ1n) is 7.10. The van der Waals surface area contributed by atoms with Crippen LogP contribution < -0.4 is 10.6 Å². The van der Waals surface area contributed by atoms with Crippen LogP contribution in [0.25, 0.3) is 11.4 Å². The normalized spacial score (nSPS) is 13.5. The highest BCUT2D eigenvalue weighted by Crippen LogP contribution is 2.36. The molecule has 0 unspecified atom stereocenters. The summed E-state index contributed by atoms with van der Waals surface area (Å²) in [7, 11) is 1.83. The number of tetrazole rings is 1. The minimum absolute atomic E-state index is 0. The van der Waals surface area contributed by atoms with E-state index in [2.05, 4.69) is 26.2 Å². The van der Waals surface area contributed by atoms with Gasteiger partial charge in [0.1, 0.15) is 0 Å². The second kappa shape index (κ2) is 7.33. The lowest BCUT2D eigenvalue weighted by molar-refractivity contribution is -0.116. The highest BCUT2D eigenvalue weighted by atomic mass is 35.5. The van der Waals surface area contributed by atoms with Crippen LogP contribution in [0, 0.1) is 0 Å². The SMILES string of the molecule is CNCCC(=O)Nc1cccc(-c2nnnn2C2CC2)c1.Cl. The Morgan fingerprint density at radius 2 is 2.23 bits per heavy atom. The first-order chi connectivity index (χ1) is 10.3. The number of rotatable bonds is 6. The number of nitrogens with zero attached hydrogens (tertiary/aromatic N) is 4. The molecule has 1 saturated carbocycles. The van der Waals surface area contributed by atoms with Crippen molar-refractivity contribution in [2.45, 2.75) is 25.3 Å². The number of anilines is 1. The summed E-state index contributed by atoms with van der Waals surface area (Å²) >= 11 is 0. The van der Waals surface area contributed by atoms with Crippen molar-refractivity contribution in [1.82, 2.24) is 25.5 Å². The molecule has 1 fully saturated rings. The zero-order valence-corrected chi connectivity index (χ0v) is 13.1. The van der Waals surface area contributed by atoms with Gasteiger partial charge in [-0.3, -0.25) is 4.79 Å². The van der Waals surface area contributed by atoms with Crippen LogP contribution in [0.5, 0.6) is 0 Å². The minimum atomic E-state index is -0.0108. The monoisotopic (exact) mass is 322 g/mol. The van der Waals surface area contributed by atoms with Gasteiger partial charge in [-0.2, -0.15) is 0 Å². The summed E-state index contributed by atoms with van der Waals surface area (Å²) < 4.78 is 1.86. The van der Waals surface area contributed by atoms with Crippen LogP contribution in [0.3, 0.4) is 0 Å². The van der Waals surface area contributed by atoms with Gasteiger partial charge in [0.2, 0.25) is 5.91 Å². The Morgan fingerprint density at radius 1 is 1.41 bits per heavy atom. The Morgan fingerprint density at radius 3 is 2.95 bits per heavy atom. The maximum atomic E-state index is 11.8. The molecular formula is C14H19ClN6O. The lowest BCUT2D eigenvalue weighted by Gasteiger charge is -2.07. The Bertz CT molecular complexity index is 640. The second-order valence-corrected chi connectivity index (χ2v) is 5.16. The first-order valence-corrected chi connectivity index (χ1v) is 7.10. The summed E-state index contributed by atoms with van der Waals surface area (Å²) in [6.07, 6.45) is 2.69. The number of amides is 1. The van der Waals surface area contributed by atoms with E-state index in [-0.39, 0.29) is 18.3 Å². The number of hydrogen-bond donors (Lipinski definition) is 2. The zero-order chi connectivity index (χ0) is 14.7. The summed E-state index contributed by atoms with van der Waals surface area (Å²) in [4.78, 5) is 11.8. The summed E-state index contributed by atoms with van der Waals surface area (Å²) in [5.74, 6) is 0.743. The molecule has 1 aromatic heterocycles. The number of carbonyl (C=O) groups is 1. The average molecular weight is 323 g/mol. The van der Waals surface area contributed by atoms with Crippen molar-refractivity contribution in [3.63, 3.8) is 0 Å². The Kier molecular flexibility index (Phi) is 5.46. The molecule has 0 bridgehead atoms. The fraction of sp³-hybridized carbons (Fsp3) is 0.429. The topological polar surface area (TPSA) is 84.7 Å². The third-order valence-corrected chi connectivity index (χ3v) is 3.39. The van der Waals surface area contributed by atoms with Crippen LogP contribution in [-0.2, 0) is 4.79 Å². The zero-order valence-electron chi connectivity index (χ0n) is 12.3. The standard InChI is InChI=1S/C14H18N6O.ClH/c1-15-8-7-13(21)16-11-4-2-3-10(9-11)14-17-18-19-20(14)12-5-6-12;/h2-4,9,12,15H,5-8H2,1H3,(H,16,21);1H. The predicted molar refractivity (Wildman–Crippen MR) is 85.9 cm³/mol. The van der Waals surface area contributed by atoms with Crippen molar-refractivity contribution in [1.29, 1.82) is 0 Å². The molecule has 0 atom stereocenters. The molecule has 8 heteroatoms. The molecule has 3 rings (SSSR count). The predicted octanol–water partition coefficient (Wildman–Crippen LogP) is 1.64. The molecule has 7 nitrogen and oxygen atoms in total. The average Bonchev–Trinajstić information content (AvgIpc) is 3.22. The van der Waals surface area contributed by atoms with E-state index in [0.29, 0.717) is 19.0 Å². The summed E-state index contributed by atoms with van der Waals surface area (Å²) in [6, 6.07) is 8.04. The molecule has 1 amide bonds. The smallest absolute Gasteiger partial charge is 0.225 e. The van der Waals surface area contributed by atoms with E-state index >= 15 is 0 Å². The highest BCUT2D eigenvalue weighted by molar-refractivity contribution is 5.91. The molecule has 1 heterocycles. The van der Waals surface area contributed by atoms with E-state index in [1.807, 2.05) is 36.0 Å². The molecular weight excluding hydrogens is 304 g/mol. The maximum absolute atomic E-state index is 11.8. The fourth-order valence-electron chi connectivity index (χ4n) is 2.15. The van der Waals surface area contributed by atoms with Crippen molar-refractivity contribution in [3.8, 4) is 11.4 Å². The van der Waals surface area contributed by atoms with Crippen molar-refractivity contribution >= 4 is 24.0 Å². The number of halogens is 1. The first kappa shape index (κ1) is 16.4. The molecule has 2 aromatic rings. The largest absolute Gasteiger partial charge is 0.326 e. The maximum Gasteiger partial charge on any atom is 0.225 e. The molecule has 2 N–H and O–H groups in total. The van der Waals surface area contributed by atoms with E-state index in [1.54, 1.807) is 0 Å². The third kappa shape index (κ3) is 3.80. The molecule has 0 aliphatic heterocycles. The van der Waals surface area contributed by atoms with E-state index in [1.165, 1.54) is 0 Å². The molecule has 0 spiro atoms. The van der Waals surface area contributed by atoms with Crippen molar-refractivity contribution < 1.29 is 4.79 Å². The molecule has 0 radical (unpaired) electrons. The summed E-state index contributed by atoms with van der Waals surface area (Å²) in [5.41, 5.74) is 1.68. The van der Waals surface area contributed by atoms with Crippen molar-refractivity contribution in [3.05, 3.63) is 24.3 Å². The van der Waals surface area contributed by atoms with Gasteiger partial charge in [0.05, 0.1) is 6.04 Å². The van der Waals surface area contributed by atoms with Gasteiger partial charge < -0.3 is 10.6 Å². The molecule has 22 heavy (non-hydrogen) atoms. The van der Waals surface area contributed by atoms with Crippen molar-refractivity contribution in [2.75, 3.05) is 18.9 Å². The minimum Gasteiger partial charge on any atom is -0.326 e. The van der Waals surface area contributed by atoms with Gasteiger partial charge in [0.15, 0.2) is 5.82 Å². The Hall–Kier alpha value is -1.99. The highest BCUT2D eigenvalue weighted by Gasteiger charge is 2.28. The van der Waals surface area contributed by atoms with Crippen LogP contribution >= 0.6 is 12.4 Å². The fourth-order valence-corrected chi connectivity index (χ4v) is 2.15. The van der Waals surface area contributed by atoms with Gasteiger partial charge in [-0.15, -0.1) is 17.5 Å².